The van der Waals surface area contributed by atoms with Crippen LogP contribution >= 0.6 is 0 Å². The lowest BCUT2D eigenvalue weighted by atomic mass is 9.88. The van der Waals surface area contributed by atoms with Gasteiger partial charge in [0.15, 0.2) is 5.75 Å². The highest BCUT2D eigenvalue weighted by Crippen LogP contribution is 2.54. The van der Waals surface area contributed by atoms with Crippen LogP contribution in [-0.4, -0.2) is 136 Å². The van der Waals surface area contributed by atoms with Crippen LogP contribution in [0.2, 0.25) is 0 Å². The molecule has 19 nitrogen and oxygen atoms in total. The molecule has 4 saturated heterocycles. The summed E-state index contributed by atoms with van der Waals surface area (Å²) in [4.78, 5) is 47.3. The summed E-state index contributed by atoms with van der Waals surface area (Å²) in [6.07, 6.45) is 7.62. The fourth-order valence-electron chi connectivity index (χ4n) is 13.1. The molecule has 6 fully saturated rings. The fourth-order valence-corrected chi connectivity index (χ4v) is 13.1. The Hall–Kier alpha value is -7.98. The molecule has 8 aromatic rings. The smallest absolute Gasteiger partial charge is 0.319 e. The van der Waals surface area contributed by atoms with Gasteiger partial charge >= 0.3 is 6.01 Å². The van der Waals surface area contributed by atoms with E-state index in [-0.39, 0.29) is 67.5 Å². The van der Waals surface area contributed by atoms with Crippen LogP contribution in [0.25, 0.3) is 55.4 Å². The molecule has 0 spiro atoms. The van der Waals surface area contributed by atoms with Crippen LogP contribution in [0.3, 0.4) is 0 Å². The standard InChI is InChI=1S/C62H64F2N12O7/c1-32(2)56(60(80)75-29-41(77)22-50(75)59(79)70-62(25-51(62)78)38-14-12-37(13-15-38)54-46(63)5-4-18-65-54)76-30-49(72-73-76)36-8-6-34(7-9-36)31-82-57-53(52-33(3)47(64)24-48-45(52)27-67-71-48)43(35-10-11-35)23-44-55(57)68-61(83-42-16-19-81-20-17-42)69-58(44)74-28-39-21-40(74)26-66-39/h4-9,12-15,18,23-24,27,30,32,35,39-42,50-51,56,66,77-78H,10-11,16-17,19-22,25-26,28-29,31H2,1-3H3,(H,67,71)(H,70,79)/t39-,40-,41+,50-,51?,56-,62?/m0/s1. The number of anilines is 1. The van der Waals surface area contributed by atoms with E-state index in [1.54, 1.807) is 43.6 Å². The number of nitrogens with one attached hydrogen (secondary N) is 3. The van der Waals surface area contributed by atoms with Crippen molar-refractivity contribution in [3.05, 3.63) is 125 Å². The zero-order valence-corrected chi connectivity index (χ0v) is 46.3. The number of piperazine rings is 1. The molecule has 2 saturated carbocycles. The van der Waals surface area contributed by atoms with Crippen molar-refractivity contribution in [2.24, 2.45) is 5.92 Å². The number of fused-ring (bicyclic) bond motifs is 4. The third-order valence-electron chi connectivity index (χ3n) is 17.8. The van der Waals surface area contributed by atoms with Crippen LogP contribution in [0.5, 0.6) is 11.8 Å². The van der Waals surface area contributed by atoms with Crippen molar-refractivity contribution in [2.75, 3.05) is 37.7 Å². The number of rotatable bonds is 16. The number of halogens is 2. The summed E-state index contributed by atoms with van der Waals surface area (Å²) < 4.78 is 51.7. The first-order valence-electron chi connectivity index (χ1n) is 28.9. The Bertz CT molecular complexity index is 3810. The van der Waals surface area contributed by atoms with Gasteiger partial charge in [-0.3, -0.25) is 19.7 Å². The first-order valence-corrected chi connectivity index (χ1v) is 28.9. The number of carbonyl (C=O) groups is 2. The second kappa shape index (κ2) is 21.0. The summed E-state index contributed by atoms with van der Waals surface area (Å²) in [6, 6.07) is 20.1. The predicted octanol–water partition coefficient (Wildman–Crippen LogP) is 7.58. The maximum absolute atomic E-state index is 16.2. The van der Waals surface area contributed by atoms with Gasteiger partial charge in [0.05, 0.1) is 48.9 Å². The summed E-state index contributed by atoms with van der Waals surface area (Å²) >= 11 is 0. The zero-order valence-electron chi connectivity index (χ0n) is 46.3. The van der Waals surface area contributed by atoms with E-state index in [4.69, 9.17) is 24.2 Å². The van der Waals surface area contributed by atoms with Crippen LogP contribution in [0.15, 0.2) is 91.4 Å². The number of hydrogen-bond donors (Lipinski definition) is 5. The third-order valence-corrected chi connectivity index (χ3v) is 17.8. The third kappa shape index (κ3) is 9.69. The lowest BCUT2D eigenvalue weighted by Crippen LogP contribution is -2.51. The average Bonchev–Trinajstić information content (AvgIpc) is 2.35. The summed E-state index contributed by atoms with van der Waals surface area (Å²) in [7, 11) is 0. The van der Waals surface area contributed by atoms with E-state index in [0.29, 0.717) is 76.8 Å². The topological polar surface area (TPSA) is 231 Å². The zero-order chi connectivity index (χ0) is 56.8. The minimum absolute atomic E-state index is 0.00543. The van der Waals surface area contributed by atoms with Crippen molar-refractivity contribution in [3.63, 3.8) is 0 Å². The summed E-state index contributed by atoms with van der Waals surface area (Å²) in [5.74, 6) is -0.513. The predicted molar refractivity (Wildman–Crippen MR) is 303 cm³/mol. The average molecular weight is 1130 g/mol. The number of H-pyrrole nitrogens is 1. The maximum Gasteiger partial charge on any atom is 0.319 e. The Balaban J connectivity index is 0.746. The molecule has 21 heteroatoms. The van der Waals surface area contributed by atoms with Gasteiger partial charge in [-0.2, -0.15) is 15.1 Å². The number of hydrogen-bond acceptors (Lipinski definition) is 15. The lowest BCUT2D eigenvalue weighted by Gasteiger charge is -2.31. The molecule has 5 N–H and O–H groups in total. The second-order valence-electron chi connectivity index (χ2n) is 23.7. The number of carbonyl (C=O) groups excluding carboxylic acids is 2. The highest BCUT2D eigenvalue weighted by molar-refractivity contribution is 6.06. The molecule has 0 radical (unpaired) electrons. The largest absolute Gasteiger partial charge is 0.486 e. The van der Waals surface area contributed by atoms with Gasteiger partial charge in [-0.25, -0.2) is 13.5 Å². The number of ether oxygens (including phenoxy) is 3. The minimum Gasteiger partial charge on any atom is -0.486 e. The molecule has 2 bridgehead atoms. The molecule has 2 aliphatic carbocycles. The van der Waals surface area contributed by atoms with Gasteiger partial charge in [-0.1, -0.05) is 67.6 Å². The molecule has 2 unspecified atom stereocenters. The van der Waals surface area contributed by atoms with E-state index >= 15 is 4.39 Å². The van der Waals surface area contributed by atoms with Gasteiger partial charge in [-0.15, -0.1) is 5.10 Å². The lowest BCUT2D eigenvalue weighted by molar-refractivity contribution is -0.143. The molecular weight excluding hydrogens is 1060 g/mol. The number of aromatic amines is 1. The normalized spacial score (nSPS) is 23.6. The van der Waals surface area contributed by atoms with Gasteiger partial charge in [0, 0.05) is 96.6 Å². The van der Waals surface area contributed by atoms with Crippen molar-refractivity contribution < 1.29 is 42.8 Å². The highest BCUT2D eigenvalue weighted by Gasteiger charge is 2.57. The number of likely N-dealkylation sites (tertiary alicyclic amines) is 1. The van der Waals surface area contributed by atoms with Gasteiger partial charge in [-0.05, 0) is 84.5 Å². The molecule has 4 aliphatic heterocycles. The molecular formula is C62H64F2N12O7. The van der Waals surface area contributed by atoms with E-state index in [2.05, 4.69) is 47.1 Å². The summed E-state index contributed by atoms with van der Waals surface area (Å²) in [6.45, 7) is 8.46. The van der Waals surface area contributed by atoms with Gasteiger partial charge < -0.3 is 44.9 Å². The maximum atomic E-state index is 16.2. The molecule has 428 valence electrons. The number of aliphatic hydroxyl groups is 2. The van der Waals surface area contributed by atoms with E-state index in [0.717, 1.165) is 71.2 Å². The number of aliphatic hydroxyl groups excluding tert-OH is 2. The van der Waals surface area contributed by atoms with E-state index in [1.165, 1.54) is 34.0 Å². The Kier molecular flexibility index (Phi) is 13.4. The molecule has 6 aliphatic rings. The quantitative estimate of drug-likeness (QED) is 0.0628. The van der Waals surface area contributed by atoms with Crippen LogP contribution in [0.1, 0.15) is 93.0 Å². The van der Waals surface area contributed by atoms with Gasteiger partial charge in [0.1, 0.15) is 59.2 Å². The van der Waals surface area contributed by atoms with Crippen LogP contribution in [0, 0.1) is 24.5 Å². The van der Waals surface area contributed by atoms with Crippen molar-refractivity contribution in [1.29, 1.82) is 0 Å². The highest BCUT2D eigenvalue weighted by atomic mass is 19.1. The van der Waals surface area contributed by atoms with Crippen molar-refractivity contribution in [2.45, 2.75) is 126 Å². The Morgan fingerprint density at radius 1 is 0.928 bits per heavy atom. The van der Waals surface area contributed by atoms with Crippen molar-refractivity contribution >= 4 is 39.4 Å². The Labute approximate surface area is 476 Å². The molecule has 2 amide bonds. The van der Waals surface area contributed by atoms with Crippen LogP contribution in [0.4, 0.5) is 14.6 Å². The summed E-state index contributed by atoms with van der Waals surface area (Å²) in [5, 5.41) is 46.6. The molecule has 8 heterocycles. The number of pyridine rings is 1. The first-order chi connectivity index (χ1) is 40.3. The number of benzene rings is 4. The number of amides is 2. The first kappa shape index (κ1) is 53.1. The SMILES string of the molecule is Cc1c(F)cc2[nH]ncc2c1-c1c(C2CC2)cc2c(N3C[C@@H]4C[C@H]3CN4)nc(OC3CCOCC3)nc2c1OCc1ccc(-c2cn([C@H](C(=O)N3C[C@H](O)C[C@H]3C(=O)NC3(c4ccc(-c5ncccc5F)cc4)CC3O)C(C)C)nn2)cc1. The fraction of sp³-hybridized carbons (Fsp3) is 0.419. The molecule has 14 rings (SSSR count). The van der Waals surface area contributed by atoms with E-state index in [9.17, 15) is 24.2 Å². The Morgan fingerprint density at radius 3 is 2.42 bits per heavy atom. The monoisotopic (exact) mass is 1130 g/mol. The van der Waals surface area contributed by atoms with Crippen molar-refractivity contribution in [1.82, 2.24) is 55.7 Å². The number of nitrogens with zero attached hydrogens (tertiary/aromatic N) is 9. The number of β-amino-alcohol motifs (C(OH)–C–C–N with tert-alkyl or cyclic N) is 1. The molecule has 4 aromatic carbocycles. The molecule has 83 heavy (non-hydrogen) atoms. The Morgan fingerprint density at radius 2 is 1.71 bits per heavy atom. The van der Waals surface area contributed by atoms with Crippen LogP contribution < -0.4 is 25.0 Å². The van der Waals surface area contributed by atoms with Crippen molar-refractivity contribution in [3.8, 4) is 45.4 Å². The van der Waals surface area contributed by atoms with Crippen LogP contribution in [-0.2, 0) is 26.5 Å². The van der Waals surface area contributed by atoms with E-state index < -0.39 is 47.5 Å². The number of aromatic nitrogens is 8. The van der Waals surface area contributed by atoms with E-state index in [1.807, 2.05) is 38.1 Å². The minimum atomic E-state index is -1.12. The second-order valence-corrected chi connectivity index (χ2v) is 23.7. The van der Waals surface area contributed by atoms with Gasteiger partial charge in [0.25, 0.3) is 0 Å². The molecule has 4 aromatic heterocycles. The molecule has 7 atom stereocenters. The summed E-state index contributed by atoms with van der Waals surface area (Å²) in [5.41, 5.74) is 6.47. The van der Waals surface area contributed by atoms with Gasteiger partial charge in [0.2, 0.25) is 11.8 Å².